The van der Waals surface area contributed by atoms with Crippen molar-refractivity contribution in [2.45, 2.75) is 294 Å². The number of ether oxygens (including phenoxy) is 3. The summed E-state index contributed by atoms with van der Waals surface area (Å²) in [6.45, 7) is 5.60. The summed E-state index contributed by atoms with van der Waals surface area (Å²) in [5, 5.41) is 56.7. The van der Waals surface area contributed by atoms with E-state index in [0.717, 1.165) is 51.4 Å². The number of rotatable bonds is 49. The van der Waals surface area contributed by atoms with Gasteiger partial charge in [0.15, 0.2) is 12.4 Å². The molecule has 1 fully saturated rings. The van der Waals surface area contributed by atoms with Crippen molar-refractivity contribution in [3.05, 3.63) is 72.9 Å². The smallest absolute Gasteiger partial charge is 0.306 e. The van der Waals surface area contributed by atoms with E-state index in [0.29, 0.717) is 12.8 Å². The number of nitrogens with one attached hydrogen (secondary N) is 1. The van der Waals surface area contributed by atoms with E-state index in [1.54, 1.807) is 6.08 Å². The Labute approximate surface area is 445 Å². The lowest BCUT2D eigenvalue weighted by atomic mass is 9.99. The summed E-state index contributed by atoms with van der Waals surface area (Å²) in [5.74, 6) is -1.27. The Morgan fingerprint density at radius 3 is 1.45 bits per heavy atom. The largest absolute Gasteiger partial charge is 0.454 e. The summed E-state index contributed by atoms with van der Waals surface area (Å²) in [6.07, 6.45) is 52.5. The third-order valence-electron chi connectivity index (χ3n) is 13.8. The molecular weight excluding hydrogens is 919 g/mol. The molecule has 0 bridgehead atoms. The number of unbranched alkanes of at least 4 members (excludes halogenated alkanes) is 29. The number of aliphatic hydroxyl groups excluding tert-OH is 5. The first kappa shape index (κ1) is 68.1. The van der Waals surface area contributed by atoms with Crippen LogP contribution in [0.1, 0.15) is 245 Å². The van der Waals surface area contributed by atoms with Crippen molar-refractivity contribution >= 4 is 11.9 Å². The molecule has 11 nitrogen and oxygen atoms in total. The number of amides is 1. The van der Waals surface area contributed by atoms with Gasteiger partial charge in [0.25, 0.3) is 0 Å². The maximum absolute atomic E-state index is 13.3. The lowest BCUT2D eigenvalue weighted by molar-refractivity contribution is -0.305. The molecule has 1 aliphatic heterocycles. The minimum atomic E-state index is -1.63. The molecule has 422 valence electrons. The van der Waals surface area contributed by atoms with E-state index in [4.69, 9.17) is 14.2 Å². The molecule has 0 aromatic carbocycles. The molecule has 1 saturated heterocycles. The maximum Gasteiger partial charge on any atom is 0.306 e. The van der Waals surface area contributed by atoms with Gasteiger partial charge in [-0.25, -0.2) is 0 Å². The van der Waals surface area contributed by atoms with Crippen LogP contribution in [0.3, 0.4) is 0 Å². The van der Waals surface area contributed by atoms with Crippen LogP contribution in [0.2, 0.25) is 0 Å². The van der Waals surface area contributed by atoms with E-state index >= 15 is 0 Å². The average Bonchev–Trinajstić information content (AvgIpc) is 3.39. The molecule has 0 aliphatic carbocycles. The van der Waals surface area contributed by atoms with E-state index in [-0.39, 0.29) is 19.4 Å². The molecule has 1 amide bonds. The van der Waals surface area contributed by atoms with Gasteiger partial charge in [0, 0.05) is 6.42 Å². The molecule has 1 aliphatic rings. The number of hydrogen-bond acceptors (Lipinski definition) is 10. The van der Waals surface area contributed by atoms with Crippen LogP contribution < -0.4 is 5.32 Å². The van der Waals surface area contributed by atoms with Crippen molar-refractivity contribution in [3.8, 4) is 0 Å². The average molecular weight is 1030 g/mol. The van der Waals surface area contributed by atoms with Crippen molar-refractivity contribution in [1.82, 2.24) is 5.32 Å². The van der Waals surface area contributed by atoms with Gasteiger partial charge in [-0.1, -0.05) is 273 Å². The van der Waals surface area contributed by atoms with Crippen molar-refractivity contribution < 1.29 is 49.3 Å². The van der Waals surface area contributed by atoms with Crippen LogP contribution in [0.4, 0.5) is 0 Å². The summed E-state index contributed by atoms with van der Waals surface area (Å²) in [5.41, 5.74) is 0. The molecule has 8 unspecified atom stereocenters. The van der Waals surface area contributed by atoms with E-state index in [9.17, 15) is 35.1 Å². The third-order valence-corrected chi connectivity index (χ3v) is 13.8. The normalized spacial score (nSPS) is 19.9. The SMILES string of the molecule is CC/C=C/C=C/C=C\C=C/C=C/CCC(O)C(=O)NC(COC1OC(CO)C(O)C(O)C1OC(=O)CCCCCCCCCCCCCCCCCCCCC)C(O)/C=C/CCCCCCCCCCCCC. The number of aliphatic hydroxyl groups is 5. The van der Waals surface area contributed by atoms with Crippen molar-refractivity contribution in [1.29, 1.82) is 0 Å². The van der Waals surface area contributed by atoms with Crippen LogP contribution >= 0.6 is 0 Å². The summed E-state index contributed by atoms with van der Waals surface area (Å²) in [4.78, 5) is 26.4. The third kappa shape index (κ3) is 38.3. The van der Waals surface area contributed by atoms with Crippen LogP contribution in [0.5, 0.6) is 0 Å². The van der Waals surface area contributed by atoms with Crippen LogP contribution in [0, 0.1) is 0 Å². The second kappa shape index (κ2) is 49.9. The lowest BCUT2D eigenvalue weighted by Crippen LogP contribution is -2.61. The lowest BCUT2D eigenvalue weighted by Gasteiger charge is -2.41. The Morgan fingerprint density at radius 1 is 0.548 bits per heavy atom. The van der Waals surface area contributed by atoms with Crippen molar-refractivity contribution in [2.24, 2.45) is 0 Å². The van der Waals surface area contributed by atoms with Gasteiger partial charge in [-0.3, -0.25) is 9.59 Å². The van der Waals surface area contributed by atoms with Crippen LogP contribution in [-0.2, 0) is 23.8 Å². The highest BCUT2D eigenvalue weighted by Gasteiger charge is 2.47. The molecule has 0 spiro atoms. The predicted octanol–water partition coefficient (Wildman–Crippen LogP) is 13.6. The Balaban J connectivity index is 2.72. The molecular formula is C62H109NO10. The molecule has 0 radical (unpaired) electrons. The standard InChI is InChI=1S/C62H109NO10/c1-4-7-10-13-16-19-22-25-26-27-28-29-30-32-35-38-41-44-47-50-57(67)73-60-59(69)58(68)56(51-64)72-62(60)71-52-53(54(65)48-45-42-39-36-34-31-23-20-17-14-11-8-5-2)63-61(70)55(66)49-46-43-40-37-33-24-21-18-15-12-9-6-3/h9,12,15,18,21,24,33,37,40,43,45,48,53-56,58-60,62,64-66,68-69H,4-8,10-11,13-14,16-17,19-20,22-23,25-32,34-36,38-39,41-42,44,46-47,49-52H2,1-3H3,(H,63,70)/b12-9+,18-15+,24-21-,37-33-,43-40+,48-45+. The zero-order valence-corrected chi connectivity index (χ0v) is 46.5. The summed E-state index contributed by atoms with van der Waals surface area (Å²) in [7, 11) is 0. The van der Waals surface area contributed by atoms with E-state index in [1.807, 2.05) is 60.8 Å². The molecule has 0 aromatic rings. The molecule has 0 saturated carbocycles. The topological polar surface area (TPSA) is 175 Å². The number of carbonyl (C=O) groups excluding carboxylic acids is 2. The van der Waals surface area contributed by atoms with Crippen LogP contribution in [0.25, 0.3) is 0 Å². The second-order valence-electron chi connectivity index (χ2n) is 20.5. The summed E-state index contributed by atoms with van der Waals surface area (Å²) in [6, 6.07) is -1.06. The highest BCUT2D eigenvalue weighted by molar-refractivity contribution is 5.80. The summed E-state index contributed by atoms with van der Waals surface area (Å²) >= 11 is 0. The molecule has 8 atom stereocenters. The molecule has 1 rings (SSSR count). The number of hydrogen-bond donors (Lipinski definition) is 6. The van der Waals surface area contributed by atoms with E-state index in [2.05, 4.69) is 32.2 Å². The molecule has 73 heavy (non-hydrogen) atoms. The fourth-order valence-corrected chi connectivity index (χ4v) is 9.03. The predicted molar refractivity (Wildman–Crippen MR) is 301 cm³/mol. The Kier molecular flexibility index (Phi) is 46.6. The van der Waals surface area contributed by atoms with Crippen LogP contribution in [0.15, 0.2) is 72.9 Å². The van der Waals surface area contributed by atoms with Gasteiger partial charge in [-0.15, -0.1) is 0 Å². The maximum atomic E-state index is 13.3. The molecule has 0 aromatic heterocycles. The first-order chi connectivity index (χ1) is 35.7. The monoisotopic (exact) mass is 1030 g/mol. The minimum absolute atomic E-state index is 0.116. The van der Waals surface area contributed by atoms with Gasteiger partial charge < -0.3 is 45.1 Å². The highest BCUT2D eigenvalue weighted by atomic mass is 16.7. The zero-order valence-electron chi connectivity index (χ0n) is 46.5. The minimum Gasteiger partial charge on any atom is -0.454 e. The number of esters is 1. The Hall–Kier alpha value is -2.90. The first-order valence-corrected chi connectivity index (χ1v) is 29.8. The Bertz CT molecular complexity index is 1460. The van der Waals surface area contributed by atoms with Crippen LogP contribution in [-0.4, -0.2) is 99.6 Å². The van der Waals surface area contributed by atoms with Gasteiger partial charge in [-0.2, -0.15) is 0 Å². The van der Waals surface area contributed by atoms with E-state index < -0.39 is 67.4 Å². The highest BCUT2D eigenvalue weighted by Crippen LogP contribution is 2.26. The van der Waals surface area contributed by atoms with Crippen molar-refractivity contribution in [2.75, 3.05) is 13.2 Å². The fraction of sp³-hybridized carbons (Fsp3) is 0.774. The quantitative estimate of drug-likeness (QED) is 0.0149. The number of allylic oxidation sites excluding steroid dienone is 11. The molecule has 11 heteroatoms. The number of carbonyl (C=O) groups is 2. The second-order valence-corrected chi connectivity index (χ2v) is 20.5. The molecule has 6 N–H and O–H groups in total. The zero-order chi connectivity index (χ0) is 53.3. The van der Waals surface area contributed by atoms with Gasteiger partial charge in [0.1, 0.15) is 24.4 Å². The Morgan fingerprint density at radius 2 is 0.986 bits per heavy atom. The summed E-state index contributed by atoms with van der Waals surface area (Å²) < 4.78 is 17.6. The van der Waals surface area contributed by atoms with Gasteiger partial charge >= 0.3 is 5.97 Å². The van der Waals surface area contributed by atoms with E-state index in [1.165, 1.54) is 148 Å². The van der Waals surface area contributed by atoms with Gasteiger partial charge in [0.05, 0.1) is 25.4 Å². The molecule has 1 heterocycles. The fourth-order valence-electron chi connectivity index (χ4n) is 9.03. The van der Waals surface area contributed by atoms with Gasteiger partial charge in [0.2, 0.25) is 5.91 Å². The first-order valence-electron chi connectivity index (χ1n) is 29.8. The van der Waals surface area contributed by atoms with Gasteiger partial charge in [-0.05, 0) is 38.5 Å². The van der Waals surface area contributed by atoms with Crippen molar-refractivity contribution in [3.63, 3.8) is 0 Å².